The number of carbonyl (C=O) groups excluding carboxylic acids is 2. The normalized spacial score (nSPS) is 11.8. The number of furan rings is 1. The van der Waals surface area contributed by atoms with E-state index < -0.39 is 11.9 Å². The number of benzene rings is 2. The molecule has 3 rings (SSSR count). The average molecular weight is 425 g/mol. The smallest absolute Gasteiger partial charge is 0.310 e. The van der Waals surface area contributed by atoms with Crippen LogP contribution in [0.15, 0.2) is 41.0 Å². The fourth-order valence-corrected chi connectivity index (χ4v) is 3.42. The zero-order chi connectivity index (χ0) is 22.5. The molecule has 1 atom stereocenters. The summed E-state index contributed by atoms with van der Waals surface area (Å²) in [5, 5.41) is 3.69. The fraction of sp³-hybridized carbons (Fsp3) is 0.333. The van der Waals surface area contributed by atoms with Crippen LogP contribution >= 0.6 is 0 Å². The first kappa shape index (κ1) is 22.2. The number of esters is 1. The average Bonchev–Trinajstić information content (AvgIpc) is 3.17. The van der Waals surface area contributed by atoms with Crippen LogP contribution in [-0.4, -0.2) is 32.7 Å². The second-order valence-corrected chi connectivity index (χ2v) is 7.38. The number of hydrogen-bond acceptors (Lipinski definition) is 6. The molecule has 31 heavy (non-hydrogen) atoms. The molecule has 3 aromatic rings. The highest BCUT2D eigenvalue weighted by atomic mass is 16.5. The number of carbonyl (C=O) groups is 2. The molecule has 7 heteroatoms. The topological polar surface area (TPSA) is 87.0 Å². The summed E-state index contributed by atoms with van der Waals surface area (Å²) >= 11 is 0. The third-order valence-corrected chi connectivity index (χ3v) is 5.32. The molecular formula is C24H27NO6. The highest BCUT2D eigenvalue weighted by Gasteiger charge is 2.18. The molecule has 2 aromatic carbocycles. The Labute approximate surface area is 181 Å². The van der Waals surface area contributed by atoms with E-state index in [4.69, 9.17) is 18.6 Å². The van der Waals surface area contributed by atoms with E-state index in [-0.39, 0.29) is 19.1 Å². The van der Waals surface area contributed by atoms with E-state index in [2.05, 4.69) is 5.32 Å². The van der Waals surface area contributed by atoms with Crippen molar-refractivity contribution in [2.24, 2.45) is 0 Å². The van der Waals surface area contributed by atoms with Gasteiger partial charge in [0.05, 0.1) is 32.9 Å². The van der Waals surface area contributed by atoms with Gasteiger partial charge in [-0.2, -0.15) is 0 Å². The minimum absolute atomic E-state index is 0.0298. The van der Waals surface area contributed by atoms with Crippen LogP contribution in [0.3, 0.4) is 0 Å². The Bertz CT molecular complexity index is 1100. The van der Waals surface area contributed by atoms with E-state index in [1.54, 1.807) is 38.7 Å². The maximum atomic E-state index is 12.3. The second-order valence-electron chi connectivity index (χ2n) is 7.38. The molecule has 0 unspecified atom stereocenters. The van der Waals surface area contributed by atoms with E-state index in [1.807, 2.05) is 32.9 Å². The first-order valence-corrected chi connectivity index (χ1v) is 9.97. The Morgan fingerprint density at radius 1 is 1.10 bits per heavy atom. The molecule has 1 amide bonds. The van der Waals surface area contributed by atoms with E-state index in [0.717, 1.165) is 33.2 Å². The number of amides is 1. The van der Waals surface area contributed by atoms with Crippen LogP contribution in [0.4, 0.5) is 0 Å². The van der Waals surface area contributed by atoms with Crippen LogP contribution in [-0.2, 0) is 20.7 Å². The summed E-state index contributed by atoms with van der Waals surface area (Å²) in [6.07, 6.45) is 1.59. The van der Waals surface area contributed by atoms with Gasteiger partial charge in [0, 0.05) is 16.5 Å². The molecule has 164 valence electrons. The van der Waals surface area contributed by atoms with Gasteiger partial charge in [-0.1, -0.05) is 12.1 Å². The van der Waals surface area contributed by atoms with Crippen molar-refractivity contribution in [2.45, 2.75) is 33.2 Å². The molecule has 1 heterocycles. The largest absolute Gasteiger partial charge is 0.497 e. The number of rotatable bonds is 8. The Kier molecular flexibility index (Phi) is 6.84. The molecule has 7 nitrogen and oxygen atoms in total. The van der Waals surface area contributed by atoms with E-state index in [9.17, 15) is 9.59 Å². The first-order valence-electron chi connectivity index (χ1n) is 9.97. The Balaban J connectivity index is 1.57. The van der Waals surface area contributed by atoms with Gasteiger partial charge in [0.15, 0.2) is 6.61 Å². The summed E-state index contributed by atoms with van der Waals surface area (Å²) in [7, 11) is 3.13. The molecule has 0 spiro atoms. The van der Waals surface area contributed by atoms with Crippen molar-refractivity contribution < 1.29 is 28.2 Å². The molecule has 0 aliphatic rings. The third-order valence-electron chi connectivity index (χ3n) is 5.32. The monoisotopic (exact) mass is 425 g/mol. The number of fused-ring (bicyclic) bond motifs is 1. The second kappa shape index (κ2) is 9.55. The summed E-state index contributed by atoms with van der Waals surface area (Å²) in [5.74, 6) is 0.376. The van der Waals surface area contributed by atoms with Gasteiger partial charge in [0.1, 0.15) is 17.1 Å². The summed E-state index contributed by atoms with van der Waals surface area (Å²) < 4.78 is 21.4. The third kappa shape index (κ3) is 4.99. The van der Waals surface area contributed by atoms with Crippen LogP contribution in [0.2, 0.25) is 0 Å². The van der Waals surface area contributed by atoms with Crippen molar-refractivity contribution in [2.75, 3.05) is 20.8 Å². The lowest BCUT2D eigenvalue weighted by atomic mass is 10.0. The number of nitrogens with one attached hydrogen (secondary N) is 1. The summed E-state index contributed by atoms with van der Waals surface area (Å²) in [6.45, 7) is 5.43. The lowest BCUT2D eigenvalue weighted by molar-refractivity contribution is -0.148. The molecule has 0 aliphatic heterocycles. The minimum Gasteiger partial charge on any atom is -0.497 e. The first-order chi connectivity index (χ1) is 14.8. The van der Waals surface area contributed by atoms with E-state index >= 15 is 0 Å². The number of ether oxygens (including phenoxy) is 3. The molecule has 0 saturated heterocycles. The lowest BCUT2D eigenvalue weighted by Gasteiger charge is -2.18. The van der Waals surface area contributed by atoms with E-state index in [0.29, 0.717) is 11.5 Å². The molecular weight excluding hydrogens is 398 g/mol. The van der Waals surface area contributed by atoms with Gasteiger partial charge in [-0.15, -0.1) is 0 Å². The van der Waals surface area contributed by atoms with Gasteiger partial charge < -0.3 is 23.9 Å². The quantitative estimate of drug-likeness (QED) is 0.549. The van der Waals surface area contributed by atoms with Gasteiger partial charge in [-0.05, 0) is 50.1 Å². The van der Waals surface area contributed by atoms with Crippen molar-refractivity contribution in [1.82, 2.24) is 5.32 Å². The maximum Gasteiger partial charge on any atom is 0.310 e. The summed E-state index contributed by atoms with van der Waals surface area (Å²) in [4.78, 5) is 24.6. The molecule has 1 aromatic heterocycles. The van der Waals surface area contributed by atoms with Crippen molar-refractivity contribution >= 4 is 22.8 Å². The maximum absolute atomic E-state index is 12.3. The predicted molar refractivity (Wildman–Crippen MR) is 116 cm³/mol. The molecule has 0 aliphatic carbocycles. The van der Waals surface area contributed by atoms with Crippen molar-refractivity contribution in [3.63, 3.8) is 0 Å². The van der Waals surface area contributed by atoms with Crippen LogP contribution < -0.4 is 14.8 Å². The summed E-state index contributed by atoms with van der Waals surface area (Å²) in [5.41, 5.74) is 4.42. The number of hydrogen-bond donors (Lipinski definition) is 1. The minimum atomic E-state index is -0.498. The molecule has 0 fully saturated rings. The van der Waals surface area contributed by atoms with Gasteiger partial charge >= 0.3 is 5.97 Å². The summed E-state index contributed by atoms with van der Waals surface area (Å²) in [6, 6.07) is 8.91. The Morgan fingerprint density at radius 2 is 1.87 bits per heavy atom. The zero-order valence-electron chi connectivity index (χ0n) is 18.4. The molecule has 0 saturated carbocycles. The van der Waals surface area contributed by atoms with Gasteiger partial charge in [-0.25, -0.2) is 0 Å². The van der Waals surface area contributed by atoms with Crippen LogP contribution in [0.5, 0.6) is 11.5 Å². The predicted octanol–water partition coefficient (Wildman–Crippen LogP) is 4.03. The van der Waals surface area contributed by atoms with Crippen molar-refractivity contribution in [3.05, 3.63) is 58.8 Å². The molecule has 0 bridgehead atoms. The lowest BCUT2D eigenvalue weighted by Crippen LogP contribution is -2.31. The van der Waals surface area contributed by atoms with Gasteiger partial charge in [0.2, 0.25) is 0 Å². The van der Waals surface area contributed by atoms with Crippen LogP contribution in [0, 0.1) is 13.8 Å². The number of aryl methyl sites for hydroxylation is 2. The van der Waals surface area contributed by atoms with Crippen molar-refractivity contribution in [3.8, 4) is 11.5 Å². The Morgan fingerprint density at radius 3 is 2.58 bits per heavy atom. The fourth-order valence-electron chi connectivity index (χ4n) is 3.42. The van der Waals surface area contributed by atoms with Crippen LogP contribution in [0.1, 0.15) is 35.2 Å². The van der Waals surface area contributed by atoms with Gasteiger partial charge in [-0.3, -0.25) is 9.59 Å². The highest BCUT2D eigenvalue weighted by Crippen LogP contribution is 2.29. The Hall–Kier alpha value is -3.48. The van der Waals surface area contributed by atoms with Crippen molar-refractivity contribution in [1.29, 1.82) is 0 Å². The van der Waals surface area contributed by atoms with Gasteiger partial charge in [0.25, 0.3) is 5.91 Å². The molecule has 0 radical (unpaired) electrons. The van der Waals surface area contributed by atoms with E-state index in [1.165, 1.54) is 0 Å². The molecule has 1 N–H and O–H groups in total. The highest BCUT2D eigenvalue weighted by molar-refractivity contribution is 5.89. The SMILES string of the molecule is COc1ccc(OC)c([C@@H](C)NC(=O)COC(=O)Cc2coc3c(C)c(C)ccc23)c1. The number of methoxy groups -OCH3 is 2. The van der Waals surface area contributed by atoms with Crippen LogP contribution in [0.25, 0.3) is 11.0 Å². The zero-order valence-corrected chi connectivity index (χ0v) is 18.4. The standard InChI is InChI=1S/C24H27NO6/c1-14-6-8-19-17(12-31-24(19)15(14)2)10-23(27)30-13-22(26)25-16(3)20-11-18(28-4)7-9-21(20)29-5/h6-9,11-12,16H,10,13H2,1-5H3,(H,25,26)/t16-/m1/s1.